The molecule has 9 heteroatoms. The van der Waals surface area contributed by atoms with Crippen molar-refractivity contribution in [3.8, 4) is 28.0 Å². The number of ether oxygens (including phenoxy) is 2. The highest BCUT2D eigenvalue weighted by molar-refractivity contribution is 7.94. The molecule has 6 nitrogen and oxygen atoms in total. The highest BCUT2D eigenvalue weighted by atomic mass is 35.5. The Kier molecular flexibility index (Phi) is 8.24. The molecular formula is C32H27ClFNO5S. The number of hydrogen-bond donors (Lipinski definition) is 2. The van der Waals surface area contributed by atoms with E-state index in [1.165, 1.54) is 6.07 Å². The zero-order chi connectivity index (χ0) is 29.1. The Morgan fingerprint density at radius 1 is 0.976 bits per heavy atom. The molecular weight excluding hydrogens is 565 g/mol. The number of amides is 1. The van der Waals surface area contributed by atoms with E-state index in [4.69, 9.17) is 21.1 Å². The first kappa shape index (κ1) is 28.5. The molecule has 4 aromatic rings. The number of carbonyl (C=O) groups excluding carboxylic acids is 1. The van der Waals surface area contributed by atoms with Crippen molar-refractivity contribution in [3.05, 3.63) is 101 Å². The van der Waals surface area contributed by atoms with E-state index >= 15 is 0 Å². The van der Waals surface area contributed by atoms with Gasteiger partial charge in [0.15, 0.2) is 0 Å². The quantitative estimate of drug-likeness (QED) is 0.202. The van der Waals surface area contributed by atoms with Crippen LogP contribution in [-0.2, 0) is 14.9 Å². The van der Waals surface area contributed by atoms with Crippen LogP contribution in [-0.4, -0.2) is 24.3 Å². The molecule has 1 aliphatic carbocycles. The lowest BCUT2D eigenvalue weighted by Crippen LogP contribution is -2.19. The van der Waals surface area contributed by atoms with Crippen molar-refractivity contribution in [2.24, 2.45) is 0 Å². The molecule has 1 aliphatic rings. The second-order valence-corrected chi connectivity index (χ2v) is 10.9. The summed E-state index contributed by atoms with van der Waals surface area (Å²) in [6, 6.07) is 25.1. The van der Waals surface area contributed by atoms with Crippen molar-refractivity contribution in [2.45, 2.75) is 36.2 Å². The molecule has 210 valence electrons. The van der Waals surface area contributed by atoms with E-state index in [0.717, 1.165) is 22.3 Å². The molecule has 0 heterocycles. The summed E-state index contributed by atoms with van der Waals surface area (Å²) in [5.41, 5.74) is 4.12. The van der Waals surface area contributed by atoms with Crippen LogP contribution >= 0.6 is 23.7 Å². The first-order chi connectivity index (χ1) is 19.8. The van der Waals surface area contributed by atoms with Gasteiger partial charge < -0.3 is 14.6 Å². The van der Waals surface area contributed by atoms with E-state index in [9.17, 15) is 18.6 Å². The summed E-state index contributed by atoms with van der Waals surface area (Å²) >= 11 is 6.32. The second-order valence-electron chi connectivity index (χ2n) is 9.86. The van der Waals surface area contributed by atoms with Crippen LogP contribution in [0.25, 0.3) is 22.3 Å². The Morgan fingerprint density at radius 2 is 1.66 bits per heavy atom. The standard InChI is InChI=1S/C32H27ClFNO5S/c1-19(24-5-3-4-6-27(24)33)40-31(38)35-28-18-23(41-34)12-14-25(28)21-9-13-26(29(17-21)39-2)20-7-10-22(11-8-20)32(15-16-32)30(36)37/h3-14,17-19H,15-16H2,1-2H3,(H,35,38)(H,36,37). The van der Waals surface area contributed by atoms with Gasteiger partial charge in [0.25, 0.3) is 0 Å². The third-order valence-electron chi connectivity index (χ3n) is 7.36. The fourth-order valence-corrected chi connectivity index (χ4v) is 5.48. The summed E-state index contributed by atoms with van der Waals surface area (Å²) < 4.78 is 24.7. The van der Waals surface area contributed by atoms with Gasteiger partial charge in [0.1, 0.15) is 11.9 Å². The average Bonchev–Trinajstić information content (AvgIpc) is 3.79. The molecule has 1 fully saturated rings. The van der Waals surface area contributed by atoms with Crippen LogP contribution in [0.4, 0.5) is 14.4 Å². The number of anilines is 1. The van der Waals surface area contributed by atoms with Gasteiger partial charge in [-0.1, -0.05) is 72.3 Å². The number of nitrogens with one attached hydrogen (secondary N) is 1. The number of halogens is 2. The van der Waals surface area contributed by atoms with E-state index in [1.807, 2.05) is 48.5 Å². The summed E-state index contributed by atoms with van der Waals surface area (Å²) in [6.07, 6.45) is -0.0372. The molecule has 41 heavy (non-hydrogen) atoms. The van der Waals surface area contributed by atoms with Crippen molar-refractivity contribution in [1.82, 2.24) is 0 Å². The van der Waals surface area contributed by atoms with Gasteiger partial charge in [0, 0.05) is 26.6 Å². The molecule has 1 atom stereocenters. The van der Waals surface area contributed by atoms with Crippen molar-refractivity contribution >= 4 is 41.5 Å². The minimum Gasteiger partial charge on any atom is -0.496 e. The zero-order valence-electron chi connectivity index (χ0n) is 22.3. The summed E-state index contributed by atoms with van der Waals surface area (Å²) in [5, 5.41) is 12.8. The van der Waals surface area contributed by atoms with Gasteiger partial charge in [-0.3, -0.25) is 10.1 Å². The van der Waals surface area contributed by atoms with Crippen molar-refractivity contribution in [1.29, 1.82) is 0 Å². The van der Waals surface area contributed by atoms with Crippen LogP contribution in [0, 0.1) is 0 Å². The Balaban J connectivity index is 1.41. The van der Waals surface area contributed by atoms with Crippen molar-refractivity contribution < 1.29 is 28.1 Å². The third-order valence-corrected chi connectivity index (χ3v) is 8.14. The third kappa shape index (κ3) is 5.89. The Hall–Kier alpha value is -4.01. The lowest BCUT2D eigenvalue weighted by molar-refractivity contribution is -0.140. The molecule has 1 amide bonds. The van der Waals surface area contributed by atoms with Crippen molar-refractivity contribution in [3.63, 3.8) is 0 Å². The smallest absolute Gasteiger partial charge is 0.412 e. The van der Waals surface area contributed by atoms with Crippen molar-refractivity contribution in [2.75, 3.05) is 12.4 Å². The van der Waals surface area contributed by atoms with Gasteiger partial charge in [-0.15, -0.1) is 0 Å². The summed E-state index contributed by atoms with van der Waals surface area (Å²) in [7, 11) is 1.57. The van der Waals surface area contributed by atoms with Crippen LogP contribution in [0.5, 0.6) is 5.75 Å². The maximum absolute atomic E-state index is 13.5. The van der Waals surface area contributed by atoms with Gasteiger partial charge in [-0.05, 0) is 60.7 Å². The molecule has 5 rings (SSSR count). The molecule has 0 spiro atoms. The van der Waals surface area contributed by atoms with Gasteiger partial charge >= 0.3 is 12.1 Å². The molecule has 0 radical (unpaired) electrons. The molecule has 0 saturated heterocycles. The highest BCUT2D eigenvalue weighted by Gasteiger charge is 2.51. The van der Waals surface area contributed by atoms with Gasteiger partial charge in [-0.25, -0.2) is 4.79 Å². The van der Waals surface area contributed by atoms with Crippen LogP contribution < -0.4 is 10.1 Å². The molecule has 2 N–H and O–H groups in total. The topological polar surface area (TPSA) is 84.9 Å². The largest absolute Gasteiger partial charge is 0.496 e. The number of carboxylic acids is 1. The number of aliphatic carboxylic acids is 1. The second kappa shape index (κ2) is 11.8. The van der Waals surface area contributed by atoms with Crippen LogP contribution in [0.15, 0.2) is 89.8 Å². The molecule has 0 bridgehead atoms. The lowest BCUT2D eigenvalue weighted by Gasteiger charge is -2.18. The van der Waals surface area contributed by atoms with E-state index in [1.54, 1.807) is 44.4 Å². The minimum absolute atomic E-state index is 0.0720. The molecule has 0 aromatic heterocycles. The number of carbonyl (C=O) groups is 2. The van der Waals surface area contributed by atoms with E-state index < -0.39 is 23.6 Å². The minimum atomic E-state index is -0.795. The molecule has 4 aromatic carbocycles. The van der Waals surface area contributed by atoms with Gasteiger partial charge in [-0.2, -0.15) is 3.89 Å². The van der Waals surface area contributed by atoms with Crippen LogP contribution in [0.2, 0.25) is 5.02 Å². The lowest BCUT2D eigenvalue weighted by atomic mass is 9.93. The maximum Gasteiger partial charge on any atom is 0.412 e. The summed E-state index contributed by atoms with van der Waals surface area (Å²) in [4.78, 5) is 24.9. The molecule has 1 unspecified atom stereocenters. The van der Waals surface area contributed by atoms with Crippen LogP contribution in [0.1, 0.15) is 37.0 Å². The molecule has 0 aliphatic heterocycles. The normalized spacial score (nSPS) is 14.1. The Bertz CT molecular complexity index is 1610. The first-order valence-electron chi connectivity index (χ1n) is 12.9. The monoisotopic (exact) mass is 591 g/mol. The summed E-state index contributed by atoms with van der Waals surface area (Å²) in [5.74, 6) is -0.213. The predicted molar refractivity (Wildman–Crippen MR) is 159 cm³/mol. The Labute approximate surface area is 246 Å². The van der Waals surface area contributed by atoms with Gasteiger partial charge in [0.05, 0.1) is 30.4 Å². The SMILES string of the molecule is COc1cc(-c2ccc(SF)cc2NC(=O)OC(C)c2ccccc2Cl)ccc1-c1ccc(C2(C(=O)O)CC2)cc1. The van der Waals surface area contributed by atoms with E-state index in [-0.39, 0.29) is 12.1 Å². The Morgan fingerprint density at radius 3 is 2.29 bits per heavy atom. The number of hydrogen-bond acceptors (Lipinski definition) is 5. The number of rotatable bonds is 9. The average molecular weight is 592 g/mol. The number of benzene rings is 4. The van der Waals surface area contributed by atoms with E-state index in [0.29, 0.717) is 45.3 Å². The number of carboxylic acid groups (broad SMARTS) is 1. The number of methoxy groups -OCH3 is 1. The zero-order valence-corrected chi connectivity index (χ0v) is 23.9. The van der Waals surface area contributed by atoms with Gasteiger partial charge in [0.2, 0.25) is 0 Å². The van der Waals surface area contributed by atoms with E-state index in [2.05, 4.69) is 5.32 Å². The molecule has 1 saturated carbocycles. The fourth-order valence-electron chi connectivity index (χ4n) is 4.91. The van der Waals surface area contributed by atoms with Crippen LogP contribution in [0.3, 0.4) is 0 Å². The maximum atomic E-state index is 13.5. The first-order valence-corrected chi connectivity index (χ1v) is 14.0. The predicted octanol–water partition coefficient (Wildman–Crippen LogP) is 9.09. The highest BCUT2D eigenvalue weighted by Crippen LogP contribution is 2.49. The fraction of sp³-hybridized carbons (Fsp3) is 0.188. The summed E-state index contributed by atoms with van der Waals surface area (Å²) in [6.45, 7) is 1.72.